The van der Waals surface area contributed by atoms with Gasteiger partial charge in [0, 0.05) is 11.6 Å². The van der Waals surface area contributed by atoms with Gasteiger partial charge in [0.05, 0.1) is 4.88 Å². The number of nitrogens with two attached hydrogens (primary N) is 1. The number of hydrazine groups is 1. The number of carbonyl (C=O) groups excluding carboxylic acids is 1. The van der Waals surface area contributed by atoms with Crippen LogP contribution in [0.3, 0.4) is 0 Å². The van der Waals surface area contributed by atoms with Crippen molar-refractivity contribution < 1.29 is 27.1 Å². The lowest BCUT2D eigenvalue weighted by Gasteiger charge is -2.09. The smallest absolute Gasteiger partial charge is 0.275 e. The number of benzene rings is 1. The first-order valence-corrected chi connectivity index (χ1v) is 6.36. The summed E-state index contributed by atoms with van der Waals surface area (Å²) in [6, 6.07) is 1.54. The summed E-state index contributed by atoms with van der Waals surface area (Å²) in [5, 5.41) is 1.53. The van der Waals surface area contributed by atoms with E-state index in [-0.39, 0.29) is 16.5 Å². The number of hydrogen-bond acceptors (Lipinski definition) is 4. The van der Waals surface area contributed by atoms with Crippen LogP contribution in [0, 0.1) is 23.3 Å². The quantitative estimate of drug-likeness (QED) is 0.299. The number of nitrogen functional groups attached to an aromatic ring is 1. The maximum atomic E-state index is 13.4. The molecule has 21 heavy (non-hydrogen) atoms. The van der Waals surface area contributed by atoms with Gasteiger partial charge in [-0.1, -0.05) is 0 Å². The molecule has 1 aromatic carbocycles. The van der Waals surface area contributed by atoms with Gasteiger partial charge in [0.15, 0.2) is 17.4 Å². The average molecular weight is 320 g/mol. The Hall–Kier alpha value is -2.13. The van der Waals surface area contributed by atoms with Crippen LogP contribution in [0.2, 0.25) is 0 Å². The maximum absolute atomic E-state index is 13.4. The molecule has 2 aromatic rings. The zero-order chi connectivity index (χ0) is 15.6. The molecule has 4 nitrogen and oxygen atoms in total. The standard InChI is InChI=1S/C12H8F4N2O2S/c13-6-3-7(14)9(16)10(8(6)15)20-4-5-1-2-21-11(5)12(19)18-17/h1-3H,4,17H2,(H,18,19). The molecule has 0 atom stereocenters. The molecule has 1 amide bonds. The van der Waals surface area contributed by atoms with Crippen LogP contribution in [-0.4, -0.2) is 5.91 Å². The summed E-state index contributed by atoms with van der Waals surface area (Å²) in [6.45, 7) is -0.455. The molecule has 9 heteroatoms. The highest BCUT2D eigenvalue weighted by Crippen LogP contribution is 2.28. The van der Waals surface area contributed by atoms with Gasteiger partial charge in [-0.15, -0.1) is 11.3 Å². The summed E-state index contributed by atoms with van der Waals surface area (Å²) in [6.07, 6.45) is 0. The first-order valence-electron chi connectivity index (χ1n) is 5.48. The van der Waals surface area contributed by atoms with Crippen LogP contribution >= 0.6 is 11.3 Å². The molecule has 0 aliphatic carbocycles. The van der Waals surface area contributed by atoms with Crippen molar-refractivity contribution in [3.63, 3.8) is 0 Å². The van der Waals surface area contributed by atoms with Crippen LogP contribution < -0.4 is 16.0 Å². The molecular weight excluding hydrogens is 312 g/mol. The number of ether oxygens (including phenoxy) is 1. The Kier molecular flexibility index (Phi) is 4.43. The highest BCUT2D eigenvalue weighted by Gasteiger charge is 2.21. The molecule has 0 aliphatic heterocycles. The minimum Gasteiger partial charge on any atom is -0.483 e. The molecule has 0 spiro atoms. The van der Waals surface area contributed by atoms with Crippen molar-refractivity contribution in [3.8, 4) is 5.75 Å². The van der Waals surface area contributed by atoms with Crippen LogP contribution in [0.15, 0.2) is 17.5 Å². The second-order valence-electron chi connectivity index (χ2n) is 3.83. The van der Waals surface area contributed by atoms with Crippen molar-refractivity contribution >= 4 is 17.2 Å². The van der Waals surface area contributed by atoms with Crippen LogP contribution in [0.25, 0.3) is 0 Å². The molecule has 0 fully saturated rings. The van der Waals surface area contributed by atoms with E-state index in [9.17, 15) is 22.4 Å². The topological polar surface area (TPSA) is 64.3 Å². The summed E-state index contributed by atoms with van der Waals surface area (Å²) in [5.74, 6) is -3.26. The normalized spacial score (nSPS) is 10.5. The van der Waals surface area contributed by atoms with Crippen molar-refractivity contribution in [2.45, 2.75) is 6.61 Å². The fraction of sp³-hybridized carbons (Fsp3) is 0.0833. The number of halogens is 4. The lowest BCUT2D eigenvalue weighted by Crippen LogP contribution is -2.30. The summed E-state index contributed by atoms with van der Waals surface area (Å²) in [7, 11) is 0. The minimum absolute atomic E-state index is 0.0788. The van der Waals surface area contributed by atoms with E-state index in [2.05, 4.69) is 0 Å². The molecule has 0 saturated heterocycles. The zero-order valence-corrected chi connectivity index (χ0v) is 11.1. The molecule has 0 saturated carbocycles. The summed E-state index contributed by atoms with van der Waals surface area (Å²) in [5.41, 5.74) is 2.16. The van der Waals surface area contributed by atoms with E-state index in [1.165, 1.54) is 11.4 Å². The third-order valence-corrected chi connectivity index (χ3v) is 3.48. The number of thiophene rings is 1. The molecule has 0 aliphatic rings. The fourth-order valence-corrected chi connectivity index (χ4v) is 2.35. The third kappa shape index (κ3) is 2.98. The number of hydrogen-bond donors (Lipinski definition) is 2. The van der Waals surface area contributed by atoms with Gasteiger partial charge in [-0.05, 0) is 11.4 Å². The Balaban J connectivity index is 2.26. The molecule has 1 heterocycles. The molecule has 1 aromatic heterocycles. The Morgan fingerprint density at radius 3 is 2.43 bits per heavy atom. The molecule has 0 radical (unpaired) electrons. The van der Waals surface area contributed by atoms with Gasteiger partial charge in [0.2, 0.25) is 11.6 Å². The lowest BCUT2D eigenvalue weighted by atomic mass is 10.2. The van der Waals surface area contributed by atoms with Gasteiger partial charge in [-0.2, -0.15) is 8.78 Å². The van der Waals surface area contributed by atoms with Crippen LogP contribution in [0.5, 0.6) is 5.75 Å². The van der Waals surface area contributed by atoms with E-state index >= 15 is 0 Å². The predicted octanol–water partition coefficient (Wildman–Crippen LogP) is 2.49. The molecule has 2 rings (SSSR count). The largest absolute Gasteiger partial charge is 0.483 e. The number of rotatable bonds is 4. The number of carbonyl (C=O) groups is 1. The van der Waals surface area contributed by atoms with Gasteiger partial charge in [0.1, 0.15) is 6.61 Å². The maximum Gasteiger partial charge on any atom is 0.275 e. The first-order chi connectivity index (χ1) is 9.95. The van der Waals surface area contributed by atoms with E-state index in [4.69, 9.17) is 10.6 Å². The second-order valence-corrected chi connectivity index (χ2v) is 4.75. The first kappa shape index (κ1) is 15.3. The molecule has 3 N–H and O–H groups in total. The van der Waals surface area contributed by atoms with Crippen LogP contribution in [0.1, 0.15) is 15.2 Å². The van der Waals surface area contributed by atoms with Crippen molar-refractivity contribution in [2.24, 2.45) is 5.84 Å². The highest BCUT2D eigenvalue weighted by atomic mass is 32.1. The fourth-order valence-electron chi connectivity index (χ4n) is 1.54. The molecule has 0 unspecified atom stereocenters. The van der Waals surface area contributed by atoms with Gasteiger partial charge in [-0.25, -0.2) is 14.6 Å². The Morgan fingerprint density at radius 1 is 1.24 bits per heavy atom. The molecular formula is C12H8F4N2O2S. The lowest BCUT2D eigenvalue weighted by molar-refractivity contribution is 0.0955. The van der Waals surface area contributed by atoms with Crippen LogP contribution in [-0.2, 0) is 6.61 Å². The van der Waals surface area contributed by atoms with Gasteiger partial charge in [-0.3, -0.25) is 10.2 Å². The van der Waals surface area contributed by atoms with E-state index < -0.39 is 41.5 Å². The van der Waals surface area contributed by atoms with Crippen molar-refractivity contribution in [1.82, 2.24) is 5.43 Å². The zero-order valence-electron chi connectivity index (χ0n) is 10.3. The Bertz CT molecular complexity index is 664. The number of amides is 1. The molecule has 0 bridgehead atoms. The average Bonchev–Trinajstić information content (AvgIpc) is 2.93. The van der Waals surface area contributed by atoms with E-state index in [0.717, 1.165) is 11.3 Å². The molecule has 112 valence electrons. The van der Waals surface area contributed by atoms with Crippen LogP contribution in [0.4, 0.5) is 17.6 Å². The van der Waals surface area contributed by atoms with Crippen molar-refractivity contribution in [3.05, 3.63) is 51.2 Å². The van der Waals surface area contributed by atoms with E-state index in [1.807, 2.05) is 5.43 Å². The van der Waals surface area contributed by atoms with Gasteiger partial charge >= 0.3 is 0 Å². The van der Waals surface area contributed by atoms with E-state index in [0.29, 0.717) is 0 Å². The summed E-state index contributed by atoms with van der Waals surface area (Å²) < 4.78 is 57.6. The second kappa shape index (κ2) is 6.10. The van der Waals surface area contributed by atoms with Crippen molar-refractivity contribution in [1.29, 1.82) is 0 Å². The minimum atomic E-state index is -1.64. The third-order valence-electron chi connectivity index (χ3n) is 2.53. The summed E-state index contributed by atoms with van der Waals surface area (Å²) >= 11 is 1.02. The van der Waals surface area contributed by atoms with Gasteiger partial charge in [0.25, 0.3) is 5.91 Å². The van der Waals surface area contributed by atoms with Crippen molar-refractivity contribution in [2.75, 3.05) is 0 Å². The van der Waals surface area contributed by atoms with Gasteiger partial charge < -0.3 is 4.74 Å². The summed E-state index contributed by atoms with van der Waals surface area (Å²) in [4.78, 5) is 11.6. The Labute approximate surface area is 120 Å². The Morgan fingerprint density at radius 2 is 1.86 bits per heavy atom. The SMILES string of the molecule is NNC(=O)c1sccc1COc1c(F)c(F)cc(F)c1F. The number of nitrogens with one attached hydrogen (secondary N) is 1. The van der Waals surface area contributed by atoms with E-state index in [1.54, 1.807) is 0 Å². The monoisotopic (exact) mass is 320 g/mol. The predicted molar refractivity (Wildman–Crippen MR) is 66.6 cm³/mol. The highest BCUT2D eigenvalue weighted by molar-refractivity contribution is 7.12.